The lowest BCUT2D eigenvalue weighted by molar-refractivity contribution is -0.617. The predicted octanol–water partition coefficient (Wildman–Crippen LogP) is 5.26. The van der Waals surface area contributed by atoms with Crippen molar-refractivity contribution in [3.63, 3.8) is 0 Å². The minimum Gasteiger partial charge on any atom is -0.379 e. The van der Waals surface area contributed by atoms with Crippen molar-refractivity contribution in [2.24, 2.45) is 12.2 Å². The second-order valence-electron chi connectivity index (χ2n) is 8.12. The maximum Gasteiger partial charge on any atom is 0.213 e. The summed E-state index contributed by atoms with van der Waals surface area (Å²) in [5.41, 5.74) is 14.3. The third kappa shape index (κ3) is 5.29. The summed E-state index contributed by atoms with van der Waals surface area (Å²) in [4.78, 5) is 4.88. The number of para-hydroxylation sites is 2. The van der Waals surface area contributed by atoms with E-state index in [1.54, 1.807) is 0 Å². The van der Waals surface area contributed by atoms with E-state index in [-0.39, 0.29) is 0 Å². The minimum absolute atomic E-state index is 0.349. The molecule has 0 saturated carbocycles. The fourth-order valence-electron chi connectivity index (χ4n) is 4.23. The Morgan fingerprint density at radius 2 is 1.41 bits per heavy atom. The number of ether oxygens (including phenoxy) is 2. The second-order valence-corrected chi connectivity index (χ2v) is 8.12. The molecular formula is C27H30N5O2+. The number of benzene rings is 3. The van der Waals surface area contributed by atoms with Gasteiger partial charge in [0, 0.05) is 48.4 Å². The zero-order chi connectivity index (χ0) is 23.8. The van der Waals surface area contributed by atoms with Crippen LogP contribution in [-0.2, 0) is 16.5 Å². The Bertz CT molecular complexity index is 1240. The van der Waals surface area contributed by atoms with Crippen LogP contribution < -0.4 is 9.47 Å². The number of azide groups is 1. The van der Waals surface area contributed by atoms with E-state index >= 15 is 0 Å². The highest BCUT2D eigenvalue weighted by Crippen LogP contribution is 2.34. The fourth-order valence-corrected chi connectivity index (χ4v) is 4.23. The number of rotatable bonds is 11. The van der Waals surface area contributed by atoms with Crippen molar-refractivity contribution < 1.29 is 14.0 Å². The van der Waals surface area contributed by atoms with Gasteiger partial charge in [-0.15, -0.1) is 0 Å². The highest BCUT2D eigenvalue weighted by molar-refractivity contribution is 6.07. The summed E-state index contributed by atoms with van der Waals surface area (Å²) in [5, 5.41) is 5.93. The summed E-state index contributed by atoms with van der Waals surface area (Å²) in [7, 11) is 4.20. The molecule has 0 atom stereocenters. The molecule has 1 aromatic heterocycles. The SMILES string of the molecule is CN(CCOCCOCCN=[N+]=[N-])c1ccc(-c2c3ccccc3[n+](C)c3ccccc23)cc1. The van der Waals surface area contributed by atoms with Crippen LogP contribution in [0.5, 0.6) is 0 Å². The van der Waals surface area contributed by atoms with Crippen LogP contribution in [0.2, 0.25) is 0 Å². The van der Waals surface area contributed by atoms with Gasteiger partial charge in [0.05, 0.1) is 37.2 Å². The van der Waals surface area contributed by atoms with Gasteiger partial charge in [-0.3, -0.25) is 0 Å². The van der Waals surface area contributed by atoms with Gasteiger partial charge in [-0.05, 0) is 35.4 Å². The lowest BCUT2D eigenvalue weighted by Crippen LogP contribution is -2.30. The molecule has 0 aliphatic heterocycles. The molecule has 4 aromatic rings. The maximum absolute atomic E-state index is 8.22. The van der Waals surface area contributed by atoms with Crippen molar-refractivity contribution in [1.29, 1.82) is 0 Å². The smallest absolute Gasteiger partial charge is 0.213 e. The molecule has 0 fully saturated rings. The van der Waals surface area contributed by atoms with Gasteiger partial charge in [0.1, 0.15) is 7.05 Å². The van der Waals surface area contributed by atoms with Gasteiger partial charge in [0.15, 0.2) is 0 Å². The summed E-state index contributed by atoms with van der Waals surface area (Å²) in [6, 6.07) is 25.9. The molecule has 4 rings (SSSR count). The van der Waals surface area contributed by atoms with Crippen molar-refractivity contribution in [3.05, 3.63) is 83.2 Å². The predicted molar refractivity (Wildman–Crippen MR) is 137 cm³/mol. The highest BCUT2D eigenvalue weighted by Gasteiger charge is 2.18. The molecule has 7 nitrogen and oxygen atoms in total. The number of nitrogens with zero attached hydrogens (tertiary/aromatic N) is 5. The number of fused-ring (bicyclic) bond motifs is 2. The summed E-state index contributed by atoms with van der Waals surface area (Å²) in [6.07, 6.45) is 0. The molecule has 0 N–H and O–H groups in total. The zero-order valence-corrected chi connectivity index (χ0v) is 19.7. The van der Waals surface area contributed by atoms with Crippen LogP contribution in [-0.4, -0.2) is 46.6 Å². The van der Waals surface area contributed by atoms with Crippen molar-refractivity contribution in [1.82, 2.24) is 0 Å². The van der Waals surface area contributed by atoms with Crippen LogP contribution in [0, 0.1) is 0 Å². The van der Waals surface area contributed by atoms with Crippen molar-refractivity contribution >= 4 is 27.5 Å². The van der Waals surface area contributed by atoms with Gasteiger partial charge < -0.3 is 14.4 Å². The van der Waals surface area contributed by atoms with E-state index in [9.17, 15) is 0 Å². The van der Waals surface area contributed by atoms with Crippen LogP contribution >= 0.6 is 0 Å². The molecule has 174 valence electrons. The molecule has 1 heterocycles. The van der Waals surface area contributed by atoms with Crippen LogP contribution in [0.4, 0.5) is 5.69 Å². The average molecular weight is 457 g/mol. The van der Waals surface area contributed by atoms with Crippen LogP contribution in [0.15, 0.2) is 77.9 Å². The first kappa shape index (κ1) is 23.5. The van der Waals surface area contributed by atoms with Crippen molar-refractivity contribution in [2.75, 3.05) is 51.5 Å². The van der Waals surface area contributed by atoms with Gasteiger partial charge in [-0.1, -0.05) is 41.5 Å². The number of hydrogen-bond acceptors (Lipinski definition) is 4. The van der Waals surface area contributed by atoms with E-state index in [1.165, 1.54) is 32.9 Å². The largest absolute Gasteiger partial charge is 0.379 e. The number of aryl methyl sites for hydroxylation is 1. The monoisotopic (exact) mass is 456 g/mol. The van der Waals surface area contributed by atoms with E-state index in [1.807, 2.05) is 0 Å². The Hall–Kier alpha value is -3.64. The zero-order valence-electron chi connectivity index (χ0n) is 19.7. The molecule has 34 heavy (non-hydrogen) atoms. The Balaban J connectivity index is 1.44. The highest BCUT2D eigenvalue weighted by atomic mass is 16.5. The summed E-state index contributed by atoms with van der Waals surface area (Å²) in [5.74, 6) is 0. The number of aromatic nitrogens is 1. The van der Waals surface area contributed by atoms with Crippen molar-refractivity contribution in [3.8, 4) is 11.1 Å². The molecule has 0 amide bonds. The second kappa shape index (κ2) is 11.5. The first-order valence-corrected chi connectivity index (χ1v) is 11.5. The lowest BCUT2D eigenvalue weighted by Gasteiger charge is -2.20. The first-order chi connectivity index (χ1) is 16.7. The van der Waals surface area contributed by atoms with Crippen LogP contribution in [0.25, 0.3) is 43.4 Å². The molecule has 0 aliphatic carbocycles. The van der Waals surface area contributed by atoms with Gasteiger partial charge in [-0.2, -0.15) is 4.57 Å². The lowest BCUT2D eigenvalue weighted by atomic mass is 9.95. The Morgan fingerprint density at radius 1 is 0.824 bits per heavy atom. The van der Waals surface area contributed by atoms with E-state index in [4.69, 9.17) is 15.0 Å². The van der Waals surface area contributed by atoms with Gasteiger partial charge in [0.2, 0.25) is 11.0 Å². The van der Waals surface area contributed by atoms with Gasteiger partial charge >= 0.3 is 0 Å². The Kier molecular flexibility index (Phi) is 7.94. The molecular weight excluding hydrogens is 426 g/mol. The van der Waals surface area contributed by atoms with E-state index in [0.717, 1.165) is 12.2 Å². The molecule has 0 bridgehead atoms. The van der Waals surface area contributed by atoms with Crippen LogP contribution in [0.3, 0.4) is 0 Å². The fraction of sp³-hybridized carbons (Fsp3) is 0.296. The summed E-state index contributed by atoms with van der Waals surface area (Å²) < 4.78 is 13.3. The van der Waals surface area contributed by atoms with Crippen LogP contribution in [0.1, 0.15) is 0 Å². The topological polar surface area (TPSA) is 74.3 Å². The Labute approximate surface area is 199 Å². The molecule has 0 spiro atoms. The standard InChI is InChI=1S/C27H30N5O2/c1-31(16-18-34-20-19-33-17-15-29-30-28)22-13-11-21(12-14-22)27-23-7-3-5-9-25(23)32(2)26-10-6-4-8-24(26)27/h3-14H,15-20H2,1-2H3/q+1. The summed E-state index contributed by atoms with van der Waals surface area (Å²) >= 11 is 0. The number of pyridine rings is 1. The normalized spacial score (nSPS) is 11.0. The first-order valence-electron chi connectivity index (χ1n) is 11.5. The molecule has 0 aliphatic rings. The number of anilines is 1. The third-order valence-electron chi connectivity index (χ3n) is 6.01. The van der Waals surface area contributed by atoms with Crippen molar-refractivity contribution in [2.45, 2.75) is 0 Å². The average Bonchev–Trinajstić information content (AvgIpc) is 2.88. The van der Waals surface area contributed by atoms with E-state index < -0.39 is 0 Å². The summed E-state index contributed by atoms with van der Waals surface area (Å²) in [6.45, 7) is 3.18. The quantitative estimate of drug-likeness (QED) is 0.0771. The number of hydrogen-bond donors (Lipinski definition) is 0. The van der Waals surface area contributed by atoms with E-state index in [0.29, 0.717) is 33.0 Å². The molecule has 0 radical (unpaired) electrons. The van der Waals surface area contributed by atoms with Gasteiger partial charge in [0.25, 0.3) is 0 Å². The maximum atomic E-state index is 8.22. The molecule has 0 unspecified atom stereocenters. The molecule has 7 heteroatoms. The third-order valence-corrected chi connectivity index (χ3v) is 6.01. The Morgan fingerprint density at radius 3 is 2.03 bits per heavy atom. The molecule has 3 aromatic carbocycles. The van der Waals surface area contributed by atoms with E-state index in [2.05, 4.69) is 106 Å². The minimum atomic E-state index is 0.349. The molecule has 0 saturated heterocycles. The van der Waals surface area contributed by atoms with Gasteiger partial charge in [-0.25, -0.2) is 0 Å². The number of likely N-dealkylation sites (N-methyl/N-ethyl adjacent to an activating group) is 1.